The first-order valence-corrected chi connectivity index (χ1v) is 12.4. The number of hydrogen-bond acceptors (Lipinski definition) is 6. The van der Waals surface area contributed by atoms with Gasteiger partial charge in [0.05, 0.1) is 24.9 Å². The van der Waals surface area contributed by atoms with Crippen LogP contribution in [0.1, 0.15) is 64.2 Å². The van der Waals surface area contributed by atoms with Crippen LogP contribution >= 0.6 is 0 Å². The van der Waals surface area contributed by atoms with Crippen molar-refractivity contribution in [2.45, 2.75) is 94.6 Å². The molecule has 0 radical (unpaired) electrons. The van der Waals surface area contributed by atoms with E-state index in [1.165, 1.54) is 57.8 Å². The summed E-state index contributed by atoms with van der Waals surface area (Å²) in [5.74, 6) is 2.01. The largest absolute Gasteiger partial charge is 0.378 e. The van der Waals surface area contributed by atoms with Crippen LogP contribution in [0.4, 0.5) is 0 Å². The molecule has 0 amide bonds. The average Bonchev–Trinajstić information content (AvgIpc) is 3.19. The summed E-state index contributed by atoms with van der Waals surface area (Å²) < 4.78 is 19.0. The molecule has 166 valence electrons. The Morgan fingerprint density at radius 2 is 1.52 bits per heavy atom. The van der Waals surface area contributed by atoms with Crippen LogP contribution in [0.2, 0.25) is 0 Å². The van der Waals surface area contributed by atoms with Gasteiger partial charge in [0.25, 0.3) is 0 Å². The summed E-state index contributed by atoms with van der Waals surface area (Å²) in [5.41, 5.74) is 7.40. The molecule has 3 N–H and O–H groups in total. The van der Waals surface area contributed by atoms with E-state index in [0.717, 1.165) is 39.3 Å². The van der Waals surface area contributed by atoms with Gasteiger partial charge in [-0.15, -0.1) is 0 Å². The van der Waals surface area contributed by atoms with Gasteiger partial charge in [-0.05, 0) is 88.5 Å². The first-order chi connectivity index (χ1) is 14.4. The Bertz CT molecular complexity index is 516. The smallest absolute Gasteiger partial charge is 0.0604 e. The van der Waals surface area contributed by atoms with Gasteiger partial charge in [-0.2, -0.15) is 0 Å². The maximum Gasteiger partial charge on any atom is 0.0604 e. The maximum atomic E-state index is 6.42. The van der Waals surface area contributed by atoms with Crippen molar-refractivity contribution in [2.75, 3.05) is 32.9 Å². The molecule has 6 nitrogen and oxygen atoms in total. The minimum Gasteiger partial charge on any atom is -0.378 e. The lowest BCUT2D eigenvalue weighted by Gasteiger charge is -2.43. The Hall–Kier alpha value is -0.240. The highest BCUT2D eigenvalue weighted by Crippen LogP contribution is 2.43. The molecule has 5 rings (SSSR count). The lowest BCUT2D eigenvalue weighted by atomic mass is 9.68. The molecule has 0 spiro atoms. The van der Waals surface area contributed by atoms with Crippen LogP contribution in [0, 0.1) is 17.8 Å². The zero-order valence-corrected chi connectivity index (χ0v) is 18.0. The summed E-state index contributed by atoms with van der Waals surface area (Å²) in [6.45, 7) is 4.63. The van der Waals surface area contributed by atoms with Gasteiger partial charge in [-0.25, -0.2) is 0 Å². The predicted molar refractivity (Wildman–Crippen MR) is 113 cm³/mol. The summed E-state index contributed by atoms with van der Waals surface area (Å²) in [7, 11) is 0. The maximum absolute atomic E-state index is 6.42. The number of fused-ring (bicyclic) bond motifs is 4. The van der Waals surface area contributed by atoms with E-state index in [4.69, 9.17) is 14.2 Å². The second kappa shape index (κ2) is 9.92. The van der Waals surface area contributed by atoms with Gasteiger partial charge in [0.2, 0.25) is 0 Å². The topological polar surface area (TPSA) is 63.8 Å². The van der Waals surface area contributed by atoms with Crippen molar-refractivity contribution in [1.29, 1.82) is 0 Å². The monoisotopic (exact) mass is 407 g/mol. The fourth-order valence-corrected chi connectivity index (χ4v) is 6.76. The molecule has 29 heavy (non-hydrogen) atoms. The Labute approximate surface area is 176 Å². The van der Waals surface area contributed by atoms with E-state index in [2.05, 4.69) is 16.2 Å². The Morgan fingerprint density at radius 1 is 0.621 bits per heavy atom. The highest BCUT2D eigenvalue weighted by atomic mass is 16.5. The first kappa shape index (κ1) is 20.7. The van der Waals surface area contributed by atoms with E-state index in [9.17, 15) is 0 Å². The molecule has 3 aliphatic heterocycles. The summed E-state index contributed by atoms with van der Waals surface area (Å²) >= 11 is 0. The van der Waals surface area contributed by atoms with Gasteiger partial charge >= 0.3 is 0 Å². The molecule has 8 atom stereocenters. The molecule has 6 heteroatoms. The SMILES string of the molecule is C1CNCCOC2CC(C3CCCCO3)CC(C2)C2NNC3CCC(CC32)OC1. The molecular formula is C23H41N3O3. The number of nitrogens with one attached hydrogen (secondary N) is 3. The van der Waals surface area contributed by atoms with Crippen molar-refractivity contribution in [3.05, 3.63) is 0 Å². The Morgan fingerprint density at radius 3 is 2.45 bits per heavy atom. The van der Waals surface area contributed by atoms with E-state index in [-0.39, 0.29) is 0 Å². The third-order valence-electron chi connectivity index (χ3n) is 8.22. The molecule has 0 aromatic heterocycles. The lowest BCUT2D eigenvalue weighted by Crippen LogP contribution is -2.47. The lowest BCUT2D eigenvalue weighted by molar-refractivity contribution is -0.0779. The molecular weight excluding hydrogens is 366 g/mol. The van der Waals surface area contributed by atoms with Gasteiger partial charge in [-0.1, -0.05) is 0 Å². The minimum absolute atomic E-state index is 0.382. The number of rotatable bonds is 1. The zero-order valence-electron chi connectivity index (χ0n) is 18.0. The minimum atomic E-state index is 0.382. The average molecular weight is 408 g/mol. The summed E-state index contributed by atoms with van der Waals surface area (Å²) in [5, 5.41) is 3.53. The van der Waals surface area contributed by atoms with E-state index in [1.807, 2.05) is 0 Å². The third kappa shape index (κ3) is 4.99. The third-order valence-corrected chi connectivity index (χ3v) is 8.22. The van der Waals surface area contributed by atoms with E-state index < -0.39 is 0 Å². The number of hydrogen-bond donors (Lipinski definition) is 3. The molecule has 5 aliphatic rings. The van der Waals surface area contributed by atoms with Crippen molar-refractivity contribution in [2.24, 2.45) is 17.8 Å². The molecule has 0 aromatic rings. The number of ether oxygens (including phenoxy) is 3. The zero-order chi connectivity index (χ0) is 19.5. The first-order valence-electron chi connectivity index (χ1n) is 12.4. The van der Waals surface area contributed by atoms with Crippen LogP contribution < -0.4 is 16.2 Å². The highest BCUT2D eigenvalue weighted by Gasteiger charge is 2.47. The molecule has 3 saturated heterocycles. The van der Waals surface area contributed by atoms with E-state index in [0.29, 0.717) is 48.1 Å². The van der Waals surface area contributed by atoms with Crippen molar-refractivity contribution >= 4 is 0 Å². The van der Waals surface area contributed by atoms with Gasteiger partial charge in [-0.3, -0.25) is 10.9 Å². The highest BCUT2D eigenvalue weighted by molar-refractivity contribution is 5.01. The van der Waals surface area contributed by atoms with Crippen molar-refractivity contribution in [3.63, 3.8) is 0 Å². The molecule has 2 aliphatic carbocycles. The normalized spacial score (nSPS) is 47.2. The van der Waals surface area contributed by atoms with Crippen molar-refractivity contribution < 1.29 is 14.2 Å². The fraction of sp³-hybridized carbons (Fsp3) is 1.00. The predicted octanol–water partition coefficient (Wildman–Crippen LogP) is 2.38. The quantitative estimate of drug-likeness (QED) is 0.620. The standard InChI is InChI=1S/C23H41N3O3/c1-2-9-29-22(4-1)16-12-17-14-19(13-16)28-11-8-24-7-3-10-27-18-5-6-21-20(15-18)23(17)26-25-21/h16-26H,1-15H2. The van der Waals surface area contributed by atoms with Gasteiger partial charge in [0.15, 0.2) is 0 Å². The van der Waals surface area contributed by atoms with E-state index >= 15 is 0 Å². The molecule has 5 fully saturated rings. The summed E-state index contributed by atoms with van der Waals surface area (Å²) in [4.78, 5) is 0. The second-order valence-electron chi connectivity index (χ2n) is 10.1. The van der Waals surface area contributed by atoms with Crippen LogP contribution in [0.5, 0.6) is 0 Å². The van der Waals surface area contributed by atoms with Gasteiger partial charge in [0, 0.05) is 31.8 Å². The fourth-order valence-electron chi connectivity index (χ4n) is 6.76. The number of hydrazine groups is 1. The van der Waals surface area contributed by atoms with Gasteiger partial charge in [0.1, 0.15) is 0 Å². The van der Waals surface area contributed by atoms with Crippen LogP contribution in [0.25, 0.3) is 0 Å². The Kier molecular flexibility index (Phi) is 7.07. The summed E-state index contributed by atoms with van der Waals surface area (Å²) in [6, 6.07) is 1.16. The van der Waals surface area contributed by atoms with Crippen molar-refractivity contribution in [1.82, 2.24) is 16.2 Å². The molecule has 4 bridgehead atoms. The van der Waals surface area contributed by atoms with Crippen LogP contribution in [0.3, 0.4) is 0 Å². The van der Waals surface area contributed by atoms with Crippen LogP contribution in [-0.4, -0.2) is 63.3 Å². The van der Waals surface area contributed by atoms with Gasteiger partial charge < -0.3 is 19.5 Å². The second-order valence-corrected chi connectivity index (χ2v) is 10.1. The molecule has 8 unspecified atom stereocenters. The van der Waals surface area contributed by atoms with Crippen LogP contribution in [-0.2, 0) is 14.2 Å². The molecule has 2 saturated carbocycles. The van der Waals surface area contributed by atoms with Crippen molar-refractivity contribution in [3.8, 4) is 0 Å². The molecule has 0 aromatic carbocycles. The van der Waals surface area contributed by atoms with Crippen LogP contribution in [0.15, 0.2) is 0 Å². The Balaban J connectivity index is 1.32. The molecule has 3 heterocycles. The van der Waals surface area contributed by atoms with E-state index in [1.54, 1.807) is 0 Å². The summed E-state index contributed by atoms with van der Waals surface area (Å²) in [6.07, 6.45) is 13.5.